The van der Waals surface area contributed by atoms with Gasteiger partial charge >= 0.3 is 0 Å². The number of methoxy groups -OCH3 is 1. The summed E-state index contributed by atoms with van der Waals surface area (Å²) < 4.78 is 5.39. The molecule has 21 heavy (non-hydrogen) atoms. The summed E-state index contributed by atoms with van der Waals surface area (Å²) in [4.78, 5) is 15.7. The van der Waals surface area contributed by atoms with Crippen molar-refractivity contribution in [1.82, 2.24) is 4.90 Å². The Hall–Kier alpha value is -1.06. The summed E-state index contributed by atoms with van der Waals surface area (Å²) in [5, 5.41) is 0.591. The highest BCUT2D eigenvalue weighted by atomic mass is 35.5. The van der Waals surface area contributed by atoms with Crippen LogP contribution in [0.15, 0.2) is 18.2 Å². The van der Waals surface area contributed by atoms with Gasteiger partial charge in [0.25, 0.3) is 0 Å². The van der Waals surface area contributed by atoms with Gasteiger partial charge in [-0.3, -0.25) is 9.69 Å². The second-order valence-electron chi connectivity index (χ2n) is 6.11. The van der Waals surface area contributed by atoms with Gasteiger partial charge < -0.3 is 4.74 Å². The van der Waals surface area contributed by atoms with Crippen LogP contribution in [-0.4, -0.2) is 36.4 Å². The van der Waals surface area contributed by atoms with Crippen LogP contribution in [0.1, 0.15) is 48.9 Å². The minimum Gasteiger partial charge on any atom is -0.496 e. The molecule has 1 aromatic rings. The maximum atomic E-state index is 13.3. The number of rotatable bonds is 4. The molecule has 4 heteroatoms. The van der Waals surface area contributed by atoms with E-state index in [0.29, 0.717) is 16.3 Å². The molecule has 1 aliphatic heterocycles. The third-order valence-electron chi connectivity index (χ3n) is 4.97. The number of hydrogen-bond donors (Lipinski definition) is 0. The molecule has 2 fully saturated rings. The van der Waals surface area contributed by atoms with E-state index in [4.69, 9.17) is 16.3 Å². The second kappa shape index (κ2) is 5.98. The van der Waals surface area contributed by atoms with E-state index in [0.717, 1.165) is 38.8 Å². The maximum absolute atomic E-state index is 13.3. The summed E-state index contributed by atoms with van der Waals surface area (Å²) in [6, 6.07) is 5.33. The smallest absolute Gasteiger partial charge is 0.186 e. The van der Waals surface area contributed by atoms with Gasteiger partial charge in [0.1, 0.15) is 5.75 Å². The first-order valence-corrected chi connectivity index (χ1v) is 8.18. The average molecular weight is 308 g/mol. The second-order valence-corrected chi connectivity index (χ2v) is 6.54. The predicted molar refractivity (Wildman–Crippen MR) is 84.3 cm³/mol. The van der Waals surface area contributed by atoms with Crippen LogP contribution in [0.4, 0.5) is 0 Å². The third kappa shape index (κ3) is 2.58. The number of halogens is 1. The van der Waals surface area contributed by atoms with E-state index in [-0.39, 0.29) is 11.3 Å². The zero-order valence-electron chi connectivity index (χ0n) is 12.5. The van der Waals surface area contributed by atoms with Crippen LogP contribution in [0, 0.1) is 0 Å². The van der Waals surface area contributed by atoms with Crippen molar-refractivity contribution in [2.24, 2.45) is 0 Å². The normalized spacial score (nSPS) is 21.6. The Labute approximate surface area is 131 Å². The van der Waals surface area contributed by atoms with Crippen molar-refractivity contribution in [3.8, 4) is 5.75 Å². The van der Waals surface area contributed by atoms with Crippen LogP contribution in [-0.2, 0) is 0 Å². The van der Waals surface area contributed by atoms with Crippen molar-refractivity contribution in [2.45, 2.75) is 44.1 Å². The molecule has 0 bridgehead atoms. The fourth-order valence-corrected chi connectivity index (χ4v) is 4.07. The molecule has 1 saturated carbocycles. The minimum atomic E-state index is -0.325. The number of Topliss-reactive ketones (excluding diaryl/α,β-unsaturated/α-hetero) is 1. The number of ketones is 1. The Morgan fingerprint density at radius 3 is 2.48 bits per heavy atom. The van der Waals surface area contributed by atoms with Crippen molar-refractivity contribution < 1.29 is 9.53 Å². The van der Waals surface area contributed by atoms with Gasteiger partial charge in [0.15, 0.2) is 5.78 Å². The zero-order valence-corrected chi connectivity index (χ0v) is 13.3. The van der Waals surface area contributed by atoms with Crippen LogP contribution < -0.4 is 4.74 Å². The molecular weight excluding hydrogens is 286 g/mol. The van der Waals surface area contributed by atoms with Crippen LogP contribution in [0.3, 0.4) is 0 Å². The molecule has 3 nitrogen and oxygen atoms in total. The summed E-state index contributed by atoms with van der Waals surface area (Å²) in [5.74, 6) is 0.830. The molecule has 0 radical (unpaired) electrons. The lowest BCUT2D eigenvalue weighted by atomic mass is 9.85. The topological polar surface area (TPSA) is 29.5 Å². The van der Waals surface area contributed by atoms with Crippen LogP contribution in [0.25, 0.3) is 0 Å². The number of ether oxygens (including phenoxy) is 1. The molecule has 0 N–H and O–H groups in total. The predicted octanol–water partition coefficient (Wildman–Crippen LogP) is 3.94. The van der Waals surface area contributed by atoms with Crippen LogP contribution in [0.2, 0.25) is 5.02 Å². The summed E-state index contributed by atoms with van der Waals surface area (Å²) in [6.07, 6.45) is 6.57. The highest BCUT2D eigenvalue weighted by Crippen LogP contribution is 2.41. The summed E-state index contributed by atoms with van der Waals surface area (Å²) in [5.41, 5.74) is 0.313. The molecule has 3 rings (SSSR count). The fourth-order valence-electron chi connectivity index (χ4n) is 3.90. The number of hydrogen-bond acceptors (Lipinski definition) is 3. The van der Waals surface area contributed by atoms with Crippen LogP contribution >= 0.6 is 11.6 Å². The first kappa shape index (κ1) is 14.9. The number of carbonyl (C=O) groups is 1. The van der Waals surface area contributed by atoms with Crippen molar-refractivity contribution in [3.63, 3.8) is 0 Å². The Bertz CT molecular complexity index is 532. The van der Waals surface area contributed by atoms with Crippen molar-refractivity contribution in [1.29, 1.82) is 0 Å². The largest absolute Gasteiger partial charge is 0.496 e. The fraction of sp³-hybridized carbons (Fsp3) is 0.588. The number of benzene rings is 1. The van der Waals surface area contributed by atoms with Gasteiger partial charge in [-0.25, -0.2) is 0 Å². The van der Waals surface area contributed by atoms with E-state index in [9.17, 15) is 4.79 Å². The Kier molecular flexibility index (Phi) is 4.23. The molecule has 114 valence electrons. The standard InChI is InChI=1S/C17H22ClNO2/c1-21-15-7-6-13(18)12-14(15)16(20)17(8-2-3-9-17)19-10-4-5-11-19/h6-7,12H,2-5,8-11H2,1H3. The highest BCUT2D eigenvalue weighted by molar-refractivity contribution is 6.31. The van der Waals surface area contributed by atoms with Gasteiger partial charge in [0, 0.05) is 5.02 Å². The van der Waals surface area contributed by atoms with E-state index in [1.165, 1.54) is 12.8 Å². The Balaban J connectivity index is 2.00. The Morgan fingerprint density at radius 1 is 1.19 bits per heavy atom. The molecular formula is C17H22ClNO2. The van der Waals surface area contributed by atoms with E-state index >= 15 is 0 Å². The van der Waals surface area contributed by atoms with Crippen LogP contribution in [0.5, 0.6) is 5.75 Å². The molecule has 1 saturated heterocycles. The average Bonchev–Trinajstić information content (AvgIpc) is 3.18. The van der Waals surface area contributed by atoms with Crippen molar-refractivity contribution in [2.75, 3.05) is 20.2 Å². The van der Waals surface area contributed by atoms with Gasteiger partial charge in [-0.1, -0.05) is 24.4 Å². The number of likely N-dealkylation sites (tertiary alicyclic amines) is 1. The number of nitrogens with zero attached hydrogens (tertiary/aromatic N) is 1. The molecule has 1 heterocycles. The molecule has 2 aliphatic rings. The molecule has 0 spiro atoms. The lowest BCUT2D eigenvalue weighted by Gasteiger charge is -2.37. The number of carbonyl (C=O) groups excluding carboxylic acids is 1. The van der Waals surface area contributed by atoms with Gasteiger partial charge in [0.2, 0.25) is 0 Å². The molecule has 0 unspecified atom stereocenters. The van der Waals surface area contributed by atoms with E-state index < -0.39 is 0 Å². The van der Waals surface area contributed by atoms with Gasteiger partial charge in [-0.2, -0.15) is 0 Å². The van der Waals surface area contributed by atoms with E-state index in [1.807, 2.05) is 0 Å². The molecule has 1 aromatic carbocycles. The SMILES string of the molecule is COc1ccc(Cl)cc1C(=O)C1(N2CCCC2)CCCC1. The lowest BCUT2D eigenvalue weighted by molar-refractivity contribution is 0.0623. The molecule has 0 atom stereocenters. The Morgan fingerprint density at radius 2 is 1.86 bits per heavy atom. The van der Waals surface area contributed by atoms with Gasteiger partial charge in [0.05, 0.1) is 18.2 Å². The monoisotopic (exact) mass is 307 g/mol. The molecule has 0 amide bonds. The highest BCUT2D eigenvalue weighted by Gasteiger charge is 2.47. The van der Waals surface area contributed by atoms with Crippen molar-refractivity contribution in [3.05, 3.63) is 28.8 Å². The third-order valence-corrected chi connectivity index (χ3v) is 5.21. The minimum absolute atomic E-state index is 0.196. The van der Waals surface area contributed by atoms with E-state index in [1.54, 1.807) is 25.3 Å². The first-order chi connectivity index (χ1) is 10.2. The quantitative estimate of drug-likeness (QED) is 0.789. The van der Waals surface area contributed by atoms with Gasteiger partial charge in [-0.15, -0.1) is 0 Å². The van der Waals surface area contributed by atoms with E-state index in [2.05, 4.69) is 4.90 Å². The molecule has 0 aromatic heterocycles. The van der Waals surface area contributed by atoms with Crippen molar-refractivity contribution >= 4 is 17.4 Å². The zero-order chi connectivity index (χ0) is 14.9. The first-order valence-electron chi connectivity index (χ1n) is 7.81. The lowest BCUT2D eigenvalue weighted by Crippen LogP contribution is -2.51. The molecule has 1 aliphatic carbocycles. The summed E-state index contributed by atoms with van der Waals surface area (Å²) >= 11 is 6.11. The maximum Gasteiger partial charge on any atom is 0.186 e. The van der Waals surface area contributed by atoms with Gasteiger partial charge in [-0.05, 0) is 57.0 Å². The summed E-state index contributed by atoms with van der Waals surface area (Å²) in [7, 11) is 1.61. The summed E-state index contributed by atoms with van der Waals surface area (Å²) in [6.45, 7) is 2.07.